The second-order valence-electron chi connectivity index (χ2n) is 6.09. The van der Waals surface area contributed by atoms with Crippen molar-refractivity contribution in [3.63, 3.8) is 0 Å². The molecule has 32 heavy (non-hydrogen) atoms. The smallest absolute Gasteiger partial charge is 0.357 e. The molecule has 0 fully saturated rings. The first-order chi connectivity index (χ1) is 15.2. The van der Waals surface area contributed by atoms with Crippen LogP contribution in [0, 0.1) is 10.1 Å². The molecule has 3 aromatic rings. The van der Waals surface area contributed by atoms with Crippen molar-refractivity contribution in [1.82, 2.24) is 15.0 Å². The van der Waals surface area contributed by atoms with Gasteiger partial charge in [0.1, 0.15) is 0 Å². The fraction of sp³-hybridized carbons (Fsp3) is 0.111. The van der Waals surface area contributed by atoms with Gasteiger partial charge in [-0.15, -0.1) is 0 Å². The van der Waals surface area contributed by atoms with E-state index in [1.54, 1.807) is 7.05 Å². The van der Waals surface area contributed by atoms with E-state index in [2.05, 4.69) is 36.1 Å². The van der Waals surface area contributed by atoms with Crippen LogP contribution in [0.1, 0.15) is 11.1 Å². The highest BCUT2D eigenvalue weighted by Gasteiger charge is 2.30. The Labute approximate surface area is 183 Å². The van der Waals surface area contributed by atoms with Gasteiger partial charge in [-0.25, -0.2) is 5.43 Å². The number of hydrazone groups is 1. The lowest BCUT2D eigenvalue weighted by atomic mass is 10.2. The fourth-order valence-electron chi connectivity index (χ4n) is 2.40. The van der Waals surface area contributed by atoms with Crippen LogP contribution < -0.4 is 16.1 Å². The third-order valence-corrected chi connectivity index (χ3v) is 4.21. The van der Waals surface area contributed by atoms with Gasteiger partial charge < -0.3 is 10.6 Å². The van der Waals surface area contributed by atoms with E-state index in [0.29, 0.717) is 0 Å². The minimum absolute atomic E-state index is 0.0448. The number of alkyl halides is 3. The van der Waals surface area contributed by atoms with Gasteiger partial charge in [-0.2, -0.15) is 33.2 Å². The van der Waals surface area contributed by atoms with Crippen LogP contribution in [-0.4, -0.2) is 33.1 Å². The van der Waals surface area contributed by atoms with Crippen LogP contribution in [0.15, 0.2) is 47.6 Å². The number of hydrogen-bond acceptors (Lipinski definition) is 9. The quantitative estimate of drug-likeness (QED) is 0.260. The summed E-state index contributed by atoms with van der Waals surface area (Å²) in [7, 11) is 1.54. The number of nitro benzene ring substituents is 1. The van der Waals surface area contributed by atoms with Crippen LogP contribution in [0.4, 0.5) is 42.4 Å². The third-order valence-electron chi connectivity index (χ3n) is 3.86. The highest BCUT2D eigenvalue weighted by atomic mass is 35.5. The number of benzene rings is 2. The van der Waals surface area contributed by atoms with Gasteiger partial charge in [0, 0.05) is 35.5 Å². The minimum atomic E-state index is -4.50. The number of nitro groups is 1. The van der Waals surface area contributed by atoms with Crippen LogP contribution in [0.3, 0.4) is 0 Å². The average Bonchev–Trinajstić information content (AvgIpc) is 2.74. The summed E-state index contributed by atoms with van der Waals surface area (Å²) in [5.74, 6) is 0.0203. The fourth-order valence-corrected chi connectivity index (χ4v) is 2.57. The van der Waals surface area contributed by atoms with Crippen LogP contribution in [0.5, 0.6) is 0 Å². The zero-order valence-corrected chi connectivity index (χ0v) is 16.9. The molecule has 1 heterocycles. The maximum atomic E-state index is 12.9. The van der Waals surface area contributed by atoms with Crippen molar-refractivity contribution in [2.24, 2.45) is 5.10 Å². The van der Waals surface area contributed by atoms with Gasteiger partial charge in [-0.1, -0.05) is 17.7 Å². The van der Waals surface area contributed by atoms with Crippen molar-refractivity contribution in [3.8, 4) is 0 Å². The van der Waals surface area contributed by atoms with Gasteiger partial charge in [0.25, 0.3) is 5.69 Å². The second-order valence-corrected chi connectivity index (χ2v) is 6.50. The molecule has 0 aliphatic rings. The number of hydrogen-bond donors (Lipinski definition) is 3. The molecule has 10 nitrogen and oxygen atoms in total. The number of halogens is 4. The molecule has 14 heteroatoms. The van der Waals surface area contributed by atoms with E-state index in [0.717, 1.165) is 12.1 Å². The summed E-state index contributed by atoms with van der Waals surface area (Å²) < 4.78 is 38.7. The standard InChI is InChI=1S/C18H14ClF3N8O2/c1-23-15-26-16(25-12-4-2-3-11(8-12)18(20,21)22)28-17(27-15)29-24-9-10-7-13(30(31)32)5-6-14(10)19/h2-9H,1H3,(H3,23,25,26,27,28,29). The molecule has 3 rings (SSSR count). The topological polar surface area (TPSA) is 130 Å². The lowest BCUT2D eigenvalue weighted by Gasteiger charge is -2.11. The van der Waals surface area contributed by atoms with Crippen molar-refractivity contribution >= 4 is 47.0 Å². The summed E-state index contributed by atoms with van der Waals surface area (Å²) >= 11 is 6.01. The van der Waals surface area contributed by atoms with Crippen LogP contribution in [0.2, 0.25) is 5.02 Å². The Bertz CT molecular complexity index is 1170. The summed E-state index contributed by atoms with van der Waals surface area (Å²) in [6.45, 7) is 0. The summed E-state index contributed by atoms with van der Waals surface area (Å²) in [5, 5.41) is 20.4. The van der Waals surface area contributed by atoms with E-state index in [1.807, 2.05) is 0 Å². The first-order valence-corrected chi connectivity index (χ1v) is 9.14. The van der Waals surface area contributed by atoms with Gasteiger partial charge in [-0.3, -0.25) is 10.1 Å². The van der Waals surface area contributed by atoms with Gasteiger partial charge >= 0.3 is 6.18 Å². The van der Waals surface area contributed by atoms with Crippen molar-refractivity contribution in [3.05, 3.63) is 68.7 Å². The molecule has 0 saturated carbocycles. The van der Waals surface area contributed by atoms with E-state index in [-0.39, 0.29) is 39.8 Å². The van der Waals surface area contributed by atoms with Crippen LogP contribution in [0.25, 0.3) is 0 Å². The Hall–Kier alpha value is -4.00. The predicted octanol–water partition coefficient (Wildman–Crippen LogP) is 4.68. The minimum Gasteiger partial charge on any atom is -0.357 e. The molecule has 166 valence electrons. The Kier molecular flexibility index (Phi) is 6.68. The largest absolute Gasteiger partial charge is 0.416 e. The molecule has 0 radical (unpaired) electrons. The summed E-state index contributed by atoms with van der Waals surface area (Å²) in [6.07, 6.45) is -3.26. The SMILES string of the molecule is CNc1nc(NN=Cc2cc([N+](=O)[O-])ccc2Cl)nc(Nc2cccc(C(F)(F)F)c2)n1. The van der Waals surface area contributed by atoms with Crippen molar-refractivity contribution in [1.29, 1.82) is 0 Å². The maximum Gasteiger partial charge on any atom is 0.416 e. The zero-order valence-electron chi connectivity index (χ0n) is 16.2. The summed E-state index contributed by atoms with van der Waals surface area (Å²) in [4.78, 5) is 22.4. The number of rotatable bonds is 7. The van der Waals surface area contributed by atoms with E-state index in [1.165, 1.54) is 36.5 Å². The zero-order chi connectivity index (χ0) is 23.3. The molecule has 0 unspecified atom stereocenters. The van der Waals surface area contributed by atoms with Gasteiger partial charge in [0.15, 0.2) is 0 Å². The molecule has 3 N–H and O–H groups in total. The lowest BCUT2D eigenvalue weighted by molar-refractivity contribution is -0.384. The highest BCUT2D eigenvalue weighted by molar-refractivity contribution is 6.33. The van der Waals surface area contributed by atoms with E-state index < -0.39 is 16.7 Å². The maximum absolute atomic E-state index is 12.9. The molecule has 0 amide bonds. The molecule has 0 atom stereocenters. The molecule has 0 spiro atoms. The van der Waals surface area contributed by atoms with E-state index >= 15 is 0 Å². The Morgan fingerprint density at radius 2 is 1.81 bits per heavy atom. The van der Waals surface area contributed by atoms with Crippen molar-refractivity contribution < 1.29 is 18.1 Å². The molecular weight excluding hydrogens is 453 g/mol. The average molecular weight is 467 g/mol. The monoisotopic (exact) mass is 466 g/mol. The third kappa shape index (κ3) is 5.78. The van der Waals surface area contributed by atoms with Crippen LogP contribution in [-0.2, 0) is 6.18 Å². The Morgan fingerprint density at radius 3 is 2.50 bits per heavy atom. The number of nitrogens with one attached hydrogen (secondary N) is 3. The van der Waals surface area contributed by atoms with E-state index in [9.17, 15) is 23.3 Å². The molecule has 0 saturated heterocycles. The number of nitrogens with zero attached hydrogens (tertiary/aromatic N) is 5. The second kappa shape index (κ2) is 9.43. The van der Waals surface area contributed by atoms with Gasteiger partial charge in [0.05, 0.1) is 16.7 Å². The molecule has 0 aliphatic heterocycles. The molecule has 1 aromatic heterocycles. The molecule has 0 bridgehead atoms. The van der Waals surface area contributed by atoms with Crippen LogP contribution >= 0.6 is 11.6 Å². The molecular formula is C18H14ClF3N8O2. The summed E-state index contributed by atoms with van der Waals surface area (Å²) in [5.41, 5.74) is 1.92. The predicted molar refractivity (Wildman–Crippen MR) is 113 cm³/mol. The number of anilines is 4. The first kappa shape index (κ1) is 22.7. The molecule has 0 aliphatic carbocycles. The van der Waals surface area contributed by atoms with Crippen molar-refractivity contribution in [2.75, 3.05) is 23.1 Å². The van der Waals surface area contributed by atoms with E-state index in [4.69, 9.17) is 11.6 Å². The highest BCUT2D eigenvalue weighted by Crippen LogP contribution is 2.31. The summed E-state index contributed by atoms with van der Waals surface area (Å²) in [6, 6.07) is 8.38. The van der Waals surface area contributed by atoms with Gasteiger partial charge in [-0.05, 0) is 24.3 Å². The Balaban J connectivity index is 1.81. The number of non-ortho nitro benzene ring substituents is 1. The Morgan fingerprint density at radius 1 is 1.09 bits per heavy atom. The molecule has 2 aromatic carbocycles. The normalized spacial score (nSPS) is 11.4. The first-order valence-electron chi connectivity index (χ1n) is 8.77. The lowest BCUT2D eigenvalue weighted by Crippen LogP contribution is -2.08. The van der Waals surface area contributed by atoms with Crippen molar-refractivity contribution in [2.45, 2.75) is 6.18 Å². The number of aromatic nitrogens is 3. The van der Waals surface area contributed by atoms with Gasteiger partial charge in [0.2, 0.25) is 17.8 Å².